The Hall–Kier alpha value is -0.660. The summed E-state index contributed by atoms with van der Waals surface area (Å²) in [5, 5.41) is 3.06. The zero-order valence-electron chi connectivity index (χ0n) is 13.7. The highest BCUT2D eigenvalue weighted by Crippen LogP contribution is 2.20. The summed E-state index contributed by atoms with van der Waals surface area (Å²) in [6, 6.07) is 7.63. The summed E-state index contributed by atoms with van der Waals surface area (Å²) in [6.07, 6.45) is 0.463. The molecule has 122 valence electrons. The first kappa shape index (κ1) is 17.7. The lowest BCUT2D eigenvalue weighted by atomic mass is 10.00. The maximum atomic E-state index is 12.3. The molecule has 0 spiro atoms. The SMILES string of the molecule is CC1CN(C(C)(C)CNC(=O)c2ccc(I)cc2)CC(C)O1. The summed E-state index contributed by atoms with van der Waals surface area (Å²) in [4.78, 5) is 14.7. The Morgan fingerprint density at radius 3 is 2.36 bits per heavy atom. The number of hydrogen-bond acceptors (Lipinski definition) is 3. The molecule has 5 heteroatoms. The van der Waals surface area contributed by atoms with Crippen LogP contribution in [-0.4, -0.2) is 48.2 Å². The number of hydrogen-bond donors (Lipinski definition) is 1. The number of carbonyl (C=O) groups excluding carboxylic acids is 1. The average Bonchev–Trinajstić information content (AvgIpc) is 2.44. The molecule has 4 nitrogen and oxygen atoms in total. The predicted octanol–water partition coefficient (Wildman–Crippen LogP) is 2.91. The Kier molecular flexibility index (Phi) is 5.85. The first-order valence-corrected chi connectivity index (χ1v) is 8.80. The molecular formula is C17H25IN2O2. The molecule has 1 fully saturated rings. The quantitative estimate of drug-likeness (QED) is 0.768. The van der Waals surface area contributed by atoms with Gasteiger partial charge in [-0.15, -0.1) is 0 Å². The van der Waals surface area contributed by atoms with Gasteiger partial charge in [0, 0.05) is 34.3 Å². The molecule has 1 aliphatic rings. The Morgan fingerprint density at radius 2 is 1.82 bits per heavy atom. The zero-order chi connectivity index (χ0) is 16.3. The molecule has 0 bridgehead atoms. The van der Waals surface area contributed by atoms with Gasteiger partial charge < -0.3 is 10.1 Å². The fraction of sp³-hybridized carbons (Fsp3) is 0.588. The van der Waals surface area contributed by atoms with Crippen molar-refractivity contribution < 1.29 is 9.53 Å². The van der Waals surface area contributed by atoms with E-state index in [0.29, 0.717) is 12.1 Å². The molecule has 2 atom stereocenters. The van der Waals surface area contributed by atoms with Crippen molar-refractivity contribution in [2.75, 3.05) is 19.6 Å². The van der Waals surface area contributed by atoms with Gasteiger partial charge in [0.2, 0.25) is 0 Å². The van der Waals surface area contributed by atoms with Gasteiger partial charge >= 0.3 is 0 Å². The molecule has 2 rings (SSSR count). The van der Waals surface area contributed by atoms with Gasteiger partial charge in [-0.2, -0.15) is 0 Å². The molecule has 2 unspecified atom stereocenters. The van der Waals surface area contributed by atoms with Crippen LogP contribution in [0, 0.1) is 3.57 Å². The Balaban J connectivity index is 1.94. The Bertz CT molecular complexity index is 506. The van der Waals surface area contributed by atoms with Gasteiger partial charge in [-0.25, -0.2) is 0 Å². The summed E-state index contributed by atoms with van der Waals surface area (Å²) in [6.45, 7) is 11.0. The van der Waals surface area contributed by atoms with Crippen LogP contribution in [0.2, 0.25) is 0 Å². The van der Waals surface area contributed by atoms with Gasteiger partial charge in [-0.05, 0) is 74.6 Å². The Morgan fingerprint density at radius 1 is 1.27 bits per heavy atom. The van der Waals surface area contributed by atoms with E-state index >= 15 is 0 Å². The third kappa shape index (κ3) is 4.67. The third-order valence-corrected chi connectivity index (χ3v) is 4.78. The van der Waals surface area contributed by atoms with Gasteiger partial charge in [0.25, 0.3) is 5.91 Å². The lowest BCUT2D eigenvalue weighted by Gasteiger charge is -2.45. The summed E-state index contributed by atoms with van der Waals surface area (Å²) in [5.41, 5.74) is 0.616. The number of ether oxygens (including phenoxy) is 1. The molecule has 1 aliphatic heterocycles. The molecule has 1 saturated heterocycles. The molecule has 0 saturated carbocycles. The molecule has 22 heavy (non-hydrogen) atoms. The first-order valence-electron chi connectivity index (χ1n) is 7.72. The number of amides is 1. The van der Waals surface area contributed by atoms with Crippen molar-refractivity contribution in [1.82, 2.24) is 10.2 Å². The second kappa shape index (κ2) is 7.27. The maximum Gasteiger partial charge on any atom is 0.251 e. The average molecular weight is 416 g/mol. The van der Waals surface area contributed by atoms with E-state index in [9.17, 15) is 4.79 Å². The first-order chi connectivity index (χ1) is 10.3. The van der Waals surface area contributed by atoms with Gasteiger partial charge in [-0.3, -0.25) is 9.69 Å². The molecule has 0 aromatic heterocycles. The minimum absolute atomic E-state index is 0.0150. The fourth-order valence-electron chi connectivity index (χ4n) is 2.78. The predicted molar refractivity (Wildman–Crippen MR) is 97.2 cm³/mol. The van der Waals surface area contributed by atoms with E-state index in [-0.39, 0.29) is 23.7 Å². The lowest BCUT2D eigenvalue weighted by molar-refractivity contribution is -0.0948. The minimum Gasteiger partial charge on any atom is -0.373 e. The van der Waals surface area contributed by atoms with Gasteiger partial charge in [0.15, 0.2) is 0 Å². The van der Waals surface area contributed by atoms with E-state index < -0.39 is 0 Å². The van der Waals surface area contributed by atoms with Crippen molar-refractivity contribution >= 4 is 28.5 Å². The van der Waals surface area contributed by atoms with E-state index in [1.807, 2.05) is 24.3 Å². The van der Waals surface area contributed by atoms with Crippen molar-refractivity contribution in [2.24, 2.45) is 0 Å². The third-order valence-electron chi connectivity index (χ3n) is 4.06. The zero-order valence-corrected chi connectivity index (χ0v) is 15.9. The van der Waals surface area contributed by atoms with Crippen LogP contribution in [0.5, 0.6) is 0 Å². The molecule has 1 heterocycles. The monoisotopic (exact) mass is 416 g/mol. The van der Waals surface area contributed by atoms with Gasteiger partial charge in [0.05, 0.1) is 12.2 Å². The number of halogens is 1. The molecular weight excluding hydrogens is 391 g/mol. The normalized spacial score (nSPS) is 23.3. The van der Waals surface area contributed by atoms with E-state index in [2.05, 4.69) is 60.5 Å². The molecule has 0 aliphatic carbocycles. The van der Waals surface area contributed by atoms with Crippen molar-refractivity contribution in [3.05, 3.63) is 33.4 Å². The summed E-state index contributed by atoms with van der Waals surface area (Å²) in [5.74, 6) is -0.0150. The van der Waals surface area contributed by atoms with Crippen LogP contribution in [-0.2, 0) is 4.74 Å². The highest BCUT2D eigenvalue weighted by atomic mass is 127. The van der Waals surface area contributed by atoms with Crippen LogP contribution in [0.4, 0.5) is 0 Å². The lowest BCUT2D eigenvalue weighted by Crippen LogP contribution is -2.58. The van der Waals surface area contributed by atoms with Crippen LogP contribution < -0.4 is 5.32 Å². The second-order valence-electron chi connectivity index (χ2n) is 6.66. The number of carbonyl (C=O) groups is 1. The number of rotatable bonds is 4. The highest BCUT2D eigenvalue weighted by Gasteiger charge is 2.33. The van der Waals surface area contributed by atoms with Crippen molar-refractivity contribution in [3.8, 4) is 0 Å². The fourth-order valence-corrected chi connectivity index (χ4v) is 3.14. The molecule has 1 aromatic carbocycles. The minimum atomic E-state index is -0.0921. The van der Waals surface area contributed by atoms with Gasteiger partial charge in [0.1, 0.15) is 0 Å². The van der Waals surface area contributed by atoms with Crippen LogP contribution in [0.1, 0.15) is 38.1 Å². The molecule has 1 N–H and O–H groups in total. The molecule has 1 amide bonds. The van der Waals surface area contributed by atoms with Crippen molar-refractivity contribution in [1.29, 1.82) is 0 Å². The van der Waals surface area contributed by atoms with Crippen molar-refractivity contribution in [2.45, 2.75) is 45.4 Å². The standard InChI is InChI=1S/C17H25IN2O2/c1-12-9-20(10-13(2)22-12)17(3,4)11-19-16(21)14-5-7-15(18)8-6-14/h5-8,12-13H,9-11H2,1-4H3,(H,19,21). The largest absolute Gasteiger partial charge is 0.373 e. The number of nitrogens with zero attached hydrogens (tertiary/aromatic N) is 1. The van der Waals surface area contributed by atoms with E-state index in [1.54, 1.807) is 0 Å². The number of morpholine rings is 1. The second-order valence-corrected chi connectivity index (χ2v) is 7.91. The van der Waals surface area contributed by atoms with Crippen LogP contribution in [0.3, 0.4) is 0 Å². The van der Waals surface area contributed by atoms with E-state index in [1.165, 1.54) is 0 Å². The topological polar surface area (TPSA) is 41.6 Å². The molecule has 1 aromatic rings. The number of benzene rings is 1. The van der Waals surface area contributed by atoms with E-state index in [4.69, 9.17) is 4.74 Å². The molecule has 0 radical (unpaired) electrons. The summed E-state index contributed by atoms with van der Waals surface area (Å²) >= 11 is 2.24. The van der Waals surface area contributed by atoms with Crippen LogP contribution in [0.25, 0.3) is 0 Å². The smallest absolute Gasteiger partial charge is 0.251 e. The highest BCUT2D eigenvalue weighted by molar-refractivity contribution is 14.1. The van der Waals surface area contributed by atoms with Crippen LogP contribution in [0.15, 0.2) is 24.3 Å². The Labute approximate surface area is 146 Å². The summed E-state index contributed by atoms with van der Waals surface area (Å²) in [7, 11) is 0. The summed E-state index contributed by atoms with van der Waals surface area (Å²) < 4.78 is 6.92. The van der Waals surface area contributed by atoms with Crippen LogP contribution >= 0.6 is 22.6 Å². The maximum absolute atomic E-state index is 12.3. The van der Waals surface area contributed by atoms with Crippen molar-refractivity contribution in [3.63, 3.8) is 0 Å². The van der Waals surface area contributed by atoms with E-state index in [0.717, 1.165) is 16.7 Å². The van der Waals surface area contributed by atoms with Gasteiger partial charge in [-0.1, -0.05) is 0 Å². The number of nitrogens with one attached hydrogen (secondary N) is 1.